The van der Waals surface area contributed by atoms with Crippen LogP contribution in [-0.2, 0) is 16.2 Å². The van der Waals surface area contributed by atoms with Gasteiger partial charge in [0.25, 0.3) is 0 Å². The van der Waals surface area contributed by atoms with Gasteiger partial charge in [-0.3, -0.25) is 0 Å². The Morgan fingerprint density at radius 3 is 1.99 bits per heavy atom. The molecule has 8 aromatic rings. The van der Waals surface area contributed by atoms with Crippen molar-refractivity contribution in [1.29, 1.82) is 0 Å². The Morgan fingerprint density at radius 2 is 1.37 bits per heavy atom. The highest BCUT2D eigenvalue weighted by Crippen LogP contribution is 2.36. The zero-order valence-electron chi connectivity index (χ0n) is 43.9. The maximum absolute atomic E-state index is 12.7. The highest BCUT2D eigenvalue weighted by atomic mass is 28.3. The lowest BCUT2D eigenvalue weighted by Crippen LogP contribution is -2.47. The van der Waals surface area contributed by atoms with E-state index in [0.717, 1.165) is 92.1 Å². The highest BCUT2D eigenvalue weighted by molar-refractivity contribution is 6.76. The first-order valence-corrected chi connectivity index (χ1v) is 29.3. The molecule has 0 bridgehead atoms. The van der Waals surface area contributed by atoms with Crippen LogP contribution in [0.4, 0.5) is 16.7 Å². The molecule has 7 heterocycles. The number of likely N-dealkylation sites (tertiary alicyclic amines) is 1. The van der Waals surface area contributed by atoms with Gasteiger partial charge in [-0.1, -0.05) is 73.5 Å². The maximum Gasteiger partial charge on any atom is 0.410 e. The molecule has 2 aliphatic rings. The fraction of sp³-hybridized carbons (Fsp3) is 0.463. The summed E-state index contributed by atoms with van der Waals surface area (Å²) in [6.45, 7) is 22.7. The molecule has 1 aliphatic heterocycles. The van der Waals surface area contributed by atoms with E-state index >= 15 is 0 Å². The predicted octanol–water partition coefficient (Wildman–Crippen LogP) is 11.9. The smallest absolute Gasteiger partial charge is 0.410 e. The third-order valence-corrected chi connectivity index (χ3v) is 14.9. The van der Waals surface area contributed by atoms with Gasteiger partial charge in [0, 0.05) is 117 Å². The number of benzene rings is 2. The van der Waals surface area contributed by atoms with E-state index in [1.165, 1.54) is 32.1 Å². The van der Waals surface area contributed by atoms with Gasteiger partial charge in [-0.2, -0.15) is 9.97 Å². The molecule has 1 atom stereocenters. The van der Waals surface area contributed by atoms with E-state index in [4.69, 9.17) is 28.5 Å². The molecule has 6 aromatic heterocycles. The number of nitrogens with one attached hydrogen (secondary N) is 3. The van der Waals surface area contributed by atoms with Crippen molar-refractivity contribution in [2.24, 2.45) is 0 Å². The van der Waals surface area contributed by atoms with Crippen LogP contribution >= 0.6 is 0 Å². The number of hydrogen-bond acceptors (Lipinski definition) is 15. The van der Waals surface area contributed by atoms with Crippen LogP contribution in [0.5, 0.6) is 0 Å². The third-order valence-electron chi connectivity index (χ3n) is 13.2. The summed E-state index contributed by atoms with van der Waals surface area (Å²) in [6.07, 6.45) is 15.7. The van der Waals surface area contributed by atoms with Crippen molar-refractivity contribution in [1.82, 2.24) is 54.7 Å². The number of fused-ring (bicyclic) bond motifs is 2. The van der Waals surface area contributed by atoms with Gasteiger partial charge in [0.15, 0.2) is 0 Å². The number of carbonyl (C=O) groups excluding carboxylic acids is 1. The summed E-state index contributed by atoms with van der Waals surface area (Å²) in [7, 11) is -1.22. The molecule has 73 heavy (non-hydrogen) atoms. The van der Waals surface area contributed by atoms with Crippen molar-refractivity contribution in [3.63, 3.8) is 0 Å². The average molecular weight is 1010 g/mol. The van der Waals surface area contributed by atoms with Crippen LogP contribution in [0.3, 0.4) is 0 Å². The molecule has 384 valence electrons. The first-order valence-electron chi connectivity index (χ1n) is 25.6. The Balaban J connectivity index is 0.000000195. The van der Waals surface area contributed by atoms with E-state index in [9.17, 15) is 4.79 Å². The standard InChI is InChI=1S/C32H45N7O4Si.C22H24N6O/c1-21-17-33-30(35-24-10-9-13-38(18-24)31(40)42-32(3,4)5)36-28(21)26-19-39(20-41-14-15-44(6,7)8)27-16-23(11-12-25(26)27)29-34-22(2)43-37-29;1-13-11-24-22(26-16-6-4-3-5-7-16)27-20(13)18-12-23-19-10-15(8-9-17(18)19)21-25-14(2)29-28-21/h11-12,16-17,19,24H,9-10,13-15,18,20H2,1-8H3,(H,33,35,36);8-12,16,23H,3-7H2,1-2H3,(H,24,26,27)/t24-;/m0./s1. The minimum absolute atomic E-state index is 0.0221. The minimum atomic E-state index is -1.22. The van der Waals surface area contributed by atoms with Crippen LogP contribution in [0, 0.1) is 27.7 Å². The second kappa shape index (κ2) is 21.6. The lowest BCUT2D eigenvalue weighted by Gasteiger charge is -2.34. The van der Waals surface area contributed by atoms with E-state index in [0.29, 0.717) is 61.2 Å². The number of anilines is 2. The molecule has 18 nitrogen and oxygen atoms in total. The van der Waals surface area contributed by atoms with Gasteiger partial charge in [-0.25, -0.2) is 24.7 Å². The summed E-state index contributed by atoms with van der Waals surface area (Å²) in [5.41, 5.74) is 9.15. The zero-order valence-corrected chi connectivity index (χ0v) is 44.9. The number of amides is 1. The van der Waals surface area contributed by atoms with Crippen molar-refractivity contribution < 1.29 is 23.3 Å². The van der Waals surface area contributed by atoms with Crippen molar-refractivity contribution in [2.45, 2.75) is 144 Å². The number of nitrogens with zero attached hydrogens (tertiary/aromatic N) is 10. The number of aryl methyl sites for hydroxylation is 4. The number of piperidine rings is 1. The van der Waals surface area contributed by atoms with Crippen LogP contribution in [0.1, 0.15) is 88.6 Å². The Kier molecular flexibility index (Phi) is 15.1. The molecule has 2 aromatic carbocycles. The summed E-state index contributed by atoms with van der Waals surface area (Å²) < 4.78 is 24.2. The molecule has 1 aliphatic carbocycles. The summed E-state index contributed by atoms with van der Waals surface area (Å²) in [4.78, 5) is 45.5. The van der Waals surface area contributed by atoms with Gasteiger partial charge >= 0.3 is 6.09 Å². The molecule has 1 saturated carbocycles. The van der Waals surface area contributed by atoms with Crippen LogP contribution in [0.25, 0.3) is 67.1 Å². The van der Waals surface area contributed by atoms with Crippen LogP contribution in [0.15, 0.2) is 70.2 Å². The third kappa shape index (κ3) is 12.6. The van der Waals surface area contributed by atoms with Gasteiger partial charge in [-0.05, 0) is 89.6 Å². The van der Waals surface area contributed by atoms with Gasteiger partial charge in [0.1, 0.15) is 12.3 Å². The molecule has 1 saturated heterocycles. The predicted molar refractivity (Wildman–Crippen MR) is 287 cm³/mol. The molecule has 10 rings (SSSR count). The summed E-state index contributed by atoms with van der Waals surface area (Å²) in [5.74, 6) is 3.48. The molecule has 0 radical (unpaired) electrons. The topological polar surface area (TPSA) is 213 Å². The number of carbonyl (C=O) groups is 1. The maximum atomic E-state index is 12.7. The molecular weight excluding hydrogens is 939 g/mol. The Hall–Kier alpha value is -6.99. The summed E-state index contributed by atoms with van der Waals surface area (Å²) in [5, 5.41) is 17.3. The normalized spacial score (nSPS) is 15.6. The number of aromatic amines is 1. The van der Waals surface area contributed by atoms with Crippen LogP contribution in [0.2, 0.25) is 25.7 Å². The second-order valence-corrected chi connectivity index (χ2v) is 27.3. The first kappa shape index (κ1) is 50.9. The molecule has 0 spiro atoms. The van der Waals surface area contributed by atoms with Crippen LogP contribution in [-0.4, -0.2) is 106 Å². The van der Waals surface area contributed by atoms with E-state index in [-0.39, 0.29) is 12.1 Å². The van der Waals surface area contributed by atoms with Gasteiger partial charge in [0.2, 0.25) is 35.3 Å². The van der Waals surface area contributed by atoms with E-state index in [1.54, 1.807) is 18.7 Å². The van der Waals surface area contributed by atoms with Gasteiger partial charge < -0.3 is 43.6 Å². The summed E-state index contributed by atoms with van der Waals surface area (Å²) in [6, 6.07) is 13.9. The van der Waals surface area contributed by atoms with Gasteiger partial charge in [-0.15, -0.1) is 0 Å². The second-order valence-electron chi connectivity index (χ2n) is 21.7. The fourth-order valence-electron chi connectivity index (χ4n) is 9.33. The quantitative estimate of drug-likeness (QED) is 0.0724. The van der Waals surface area contributed by atoms with Crippen molar-refractivity contribution in [3.8, 4) is 45.3 Å². The molecule has 0 unspecified atom stereocenters. The number of aromatic nitrogens is 10. The van der Waals surface area contributed by atoms with E-state index in [2.05, 4.69) is 101 Å². The minimum Gasteiger partial charge on any atom is -0.444 e. The Bertz CT molecular complexity index is 3190. The van der Waals surface area contributed by atoms with Gasteiger partial charge in [0.05, 0.1) is 16.9 Å². The number of H-pyrrole nitrogens is 1. The summed E-state index contributed by atoms with van der Waals surface area (Å²) >= 11 is 0. The molecule has 19 heteroatoms. The lowest BCUT2D eigenvalue weighted by molar-refractivity contribution is 0.0206. The highest BCUT2D eigenvalue weighted by Gasteiger charge is 2.29. The Morgan fingerprint density at radius 1 is 0.767 bits per heavy atom. The fourth-order valence-corrected chi connectivity index (χ4v) is 10.1. The van der Waals surface area contributed by atoms with E-state index < -0.39 is 13.7 Å². The van der Waals surface area contributed by atoms with Crippen molar-refractivity contribution in [3.05, 3.63) is 84.1 Å². The van der Waals surface area contributed by atoms with Crippen molar-refractivity contribution in [2.75, 3.05) is 30.3 Å². The number of rotatable bonds is 13. The van der Waals surface area contributed by atoms with Crippen molar-refractivity contribution >= 4 is 47.9 Å². The Labute approximate surface area is 427 Å². The monoisotopic (exact) mass is 1010 g/mol. The van der Waals surface area contributed by atoms with Crippen LogP contribution < -0.4 is 10.6 Å². The molecular formula is C54H69N13O5Si. The first-order chi connectivity index (χ1) is 34.9. The average Bonchev–Trinajstić information content (AvgIpc) is 4.18. The SMILES string of the molecule is Cc1nc(-c2ccc3c(-c4nc(NC5CCCCC5)ncc4C)c[nH]c3c2)no1.Cc1nc(-c2ccc3c(-c4nc(N[C@H]5CCCN(C(=O)OC(C)(C)C)C5)ncc4C)cn(COCC[Si](C)(C)C)c3c2)no1. The van der Waals surface area contributed by atoms with E-state index in [1.807, 2.05) is 64.5 Å². The number of ether oxygens (including phenoxy) is 2. The molecule has 1 amide bonds. The largest absolute Gasteiger partial charge is 0.444 e. The molecule has 2 fully saturated rings. The molecule has 3 N–H and O–H groups in total. The lowest BCUT2D eigenvalue weighted by atomic mass is 9.96. The number of hydrogen-bond donors (Lipinski definition) is 3. The zero-order chi connectivity index (χ0) is 51.4.